The molecule has 1 heteroatoms. The summed E-state index contributed by atoms with van der Waals surface area (Å²) in [5, 5.41) is 0. The van der Waals surface area contributed by atoms with Gasteiger partial charge in [-0.1, -0.05) is 45.0 Å². The summed E-state index contributed by atoms with van der Waals surface area (Å²) in [5.74, 6) is 0. The van der Waals surface area contributed by atoms with Crippen LogP contribution in [0.2, 0.25) is 0 Å². The topological polar surface area (TPSA) is 3.24 Å². The second kappa shape index (κ2) is 5.82. The van der Waals surface area contributed by atoms with Gasteiger partial charge >= 0.3 is 0 Å². The van der Waals surface area contributed by atoms with Gasteiger partial charge in [-0.25, -0.2) is 0 Å². The molecule has 1 aromatic rings. The van der Waals surface area contributed by atoms with Gasteiger partial charge in [-0.3, -0.25) is 4.90 Å². The first-order valence-corrected chi connectivity index (χ1v) is 5.69. The quantitative estimate of drug-likeness (QED) is 0.692. The van der Waals surface area contributed by atoms with E-state index in [1.807, 2.05) is 13.8 Å². The SMILES string of the molecule is CC.CCCN1Cc2ccccc2C1. The molecule has 0 aromatic heterocycles. The summed E-state index contributed by atoms with van der Waals surface area (Å²) in [4.78, 5) is 2.50. The number of rotatable bonds is 2. The average molecular weight is 191 g/mol. The van der Waals surface area contributed by atoms with Gasteiger partial charge in [-0.2, -0.15) is 0 Å². The van der Waals surface area contributed by atoms with Gasteiger partial charge in [0.15, 0.2) is 0 Å². The predicted molar refractivity (Wildman–Crippen MR) is 62.2 cm³/mol. The van der Waals surface area contributed by atoms with E-state index >= 15 is 0 Å². The first-order chi connectivity index (χ1) is 6.90. The smallest absolute Gasteiger partial charge is 0.0240 e. The van der Waals surface area contributed by atoms with Crippen LogP contribution >= 0.6 is 0 Å². The lowest BCUT2D eigenvalue weighted by Gasteiger charge is -2.11. The molecule has 0 N–H and O–H groups in total. The molecular weight excluding hydrogens is 170 g/mol. The Labute approximate surface area is 87.7 Å². The van der Waals surface area contributed by atoms with E-state index < -0.39 is 0 Å². The second-order valence-electron chi connectivity index (χ2n) is 3.48. The molecule has 0 saturated carbocycles. The summed E-state index contributed by atoms with van der Waals surface area (Å²) in [7, 11) is 0. The summed E-state index contributed by atoms with van der Waals surface area (Å²) in [6.45, 7) is 9.78. The van der Waals surface area contributed by atoms with Crippen LogP contribution in [0.5, 0.6) is 0 Å². The Morgan fingerprint density at radius 3 is 2.00 bits per heavy atom. The van der Waals surface area contributed by atoms with Gasteiger partial charge in [0, 0.05) is 13.1 Å². The zero-order chi connectivity index (χ0) is 10.4. The van der Waals surface area contributed by atoms with E-state index in [-0.39, 0.29) is 0 Å². The molecule has 0 atom stereocenters. The fourth-order valence-electron chi connectivity index (χ4n) is 1.88. The lowest BCUT2D eigenvalue weighted by Crippen LogP contribution is -2.16. The maximum absolute atomic E-state index is 2.50. The Morgan fingerprint density at radius 2 is 1.57 bits per heavy atom. The molecule has 0 amide bonds. The van der Waals surface area contributed by atoms with Crippen molar-refractivity contribution in [3.63, 3.8) is 0 Å². The van der Waals surface area contributed by atoms with E-state index in [1.165, 1.54) is 24.1 Å². The molecular formula is C13H21N. The third-order valence-corrected chi connectivity index (χ3v) is 2.45. The van der Waals surface area contributed by atoms with Crippen molar-refractivity contribution in [1.82, 2.24) is 4.90 Å². The van der Waals surface area contributed by atoms with E-state index in [4.69, 9.17) is 0 Å². The molecule has 1 nitrogen and oxygen atoms in total. The summed E-state index contributed by atoms with van der Waals surface area (Å²) >= 11 is 0. The Bertz CT molecular complexity index is 243. The Balaban J connectivity index is 0.000000461. The van der Waals surface area contributed by atoms with Gasteiger partial charge in [-0.15, -0.1) is 0 Å². The second-order valence-corrected chi connectivity index (χ2v) is 3.48. The molecule has 1 aliphatic heterocycles. The fraction of sp³-hybridized carbons (Fsp3) is 0.538. The maximum atomic E-state index is 2.50. The molecule has 0 saturated heterocycles. The minimum Gasteiger partial charge on any atom is -0.295 e. The van der Waals surface area contributed by atoms with Crippen LogP contribution in [0, 0.1) is 0 Å². The molecule has 0 bridgehead atoms. The molecule has 14 heavy (non-hydrogen) atoms. The summed E-state index contributed by atoms with van der Waals surface area (Å²) < 4.78 is 0. The van der Waals surface area contributed by atoms with Crippen molar-refractivity contribution in [2.45, 2.75) is 40.3 Å². The summed E-state index contributed by atoms with van der Waals surface area (Å²) in [5.41, 5.74) is 3.04. The van der Waals surface area contributed by atoms with E-state index in [1.54, 1.807) is 0 Å². The van der Waals surface area contributed by atoms with Crippen LogP contribution in [0.3, 0.4) is 0 Å². The van der Waals surface area contributed by atoms with Crippen molar-refractivity contribution in [2.75, 3.05) is 6.54 Å². The lowest BCUT2D eigenvalue weighted by atomic mass is 10.1. The Morgan fingerprint density at radius 1 is 1.07 bits per heavy atom. The van der Waals surface area contributed by atoms with Crippen LogP contribution in [0.1, 0.15) is 38.3 Å². The number of fused-ring (bicyclic) bond motifs is 1. The van der Waals surface area contributed by atoms with Crippen molar-refractivity contribution in [3.05, 3.63) is 35.4 Å². The Hall–Kier alpha value is -0.820. The molecule has 1 heterocycles. The highest BCUT2D eigenvalue weighted by Gasteiger charge is 2.16. The Kier molecular flexibility index (Phi) is 4.68. The molecule has 0 unspecified atom stereocenters. The zero-order valence-electron chi connectivity index (χ0n) is 9.59. The van der Waals surface area contributed by atoms with Gasteiger partial charge in [0.1, 0.15) is 0 Å². The highest BCUT2D eigenvalue weighted by Crippen LogP contribution is 2.21. The molecule has 2 rings (SSSR count). The minimum atomic E-state index is 1.16. The van der Waals surface area contributed by atoms with Crippen LogP contribution in [-0.4, -0.2) is 11.4 Å². The van der Waals surface area contributed by atoms with E-state index in [2.05, 4.69) is 36.1 Å². The lowest BCUT2D eigenvalue weighted by molar-refractivity contribution is 0.285. The number of benzene rings is 1. The summed E-state index contributed by atoms with van der Waals surface area (Å²) in [6, 6.07) is 8.75. The third-order valence-electron chi connectivity index (χ3n) is 2.45. The van der Waals surface area contributed by atoms with Gasteiger partial charge in [0.25, 0.3) is 0 Å². The molecule has 1 aliphatic rings. The first-order valence-electron chi connectivity index (χ1n) is 5.69. The van der Waals surface area contributed by atoms with Gasteiger partial charge in [0.2, 0.25) is 0 Å². The van der Waals surface area contributed by atoms with E-state index in [0.717, 1.165) is 13.1 Å². The monoisotopic (exact) mass is 191 g/mol. The van der Waals surface area contributed by atoms with Gasteiger partial charge < -0.3 is 0 Å². The number of hydrogen-bond donors (Lipinski definition) is 0. The molecule has 0 fully saturated rings. The standard InChI is InChI=1S/C11H15N.C2H6/c1-2-7-12-8-10-5-3-4-6-11(10)9-12;1-2/h3-6H,2,7-9H2,1H3;1-2H3. The van der Waals surface area contributed by atoms with Crippen LogP contribution < -0.4 is 0 Å². The van der Waals surface area contributed by atoms with Crippen molar-refractivity contribution >= 4 is 0 Å². The predicted octanol–water partition coefficient (Wildman–Crippen LogP) is 3.44. The number of hydrogen-bond acceptors (Lipinski definition) is 1. The van der Waals surface area contributed by atoms with Crippen LogP contribution in [0.4, 0.5) is 0 Å². The molecule has 1 aromatic carbocycles. The molecule has 78 valence electrons. The van der Waals surface area contributed by atoms with E-state index in [9.17, 15) is 0 Å². The minimum absolute atomic E-state index is 1.16. The fourth-order valence-corrected chi connectivity index (χ4v) is 1.88. The van der Waals surface area contributed by atoms with E-state index in [0.29, 0.717) is 0 Å². The maximum Gasteiger partial charge on any atom is 0.0240 e. The van der Waals surface area contributed by atoms with Crippen molar-refractivity contribution in [3.8, 4) is 0 Å². The summed E-state index contributed by atoms with van der Waals surface area (Å²) in [6.07, 6.45) is 1.26. The average Bonchev–Trinajstić information content (AvgIpc) is 2.63. The normalized spacial score (nSPS) is 14.5. The molecule has 0 spiro atoms. The van der Waals surface area contributed by atoms with Gasteiger partial charge in [-0.05, 0) is 24.1 Å². The highest BCUT2D eigenvalue weighted by atomic mass is 15.1. The largest absolute Gasteiger partial charge is 0.295 e. The van der Waals surface area contributed by atoms with Crippen LogP contribution in [0.25, 0.3) is 0 Å². The highest BCUT2D eigenvalue weighted by molar-refractivity contribution is 5.30. The number of nitrogens with zero attached hydrogens (tertiary/aromatic N) is 1. The molecule has 0 radical (unpaired) electrons. The van der Waals surface area contributed by atoms with Crippen LogP contribution in [-0.2, 0) is 13.1 Å². The third kappa shape index (κ3) is 2.58. The van der Waals surface area contributed by atoms with Crippen molar-refractivity contribution in [2.24, 2.45) is 0 Å². The zero-order valence-corrected chi connectivity index (χ0v) is 9.59. The van der Waals surface area contributed by atoms with Crippen molar-refractivity contribution < 1.29 is 0 Å². The molecule has 0 aliphatic carbocycles. The first kappa shape index (κ1) is 11.3. The van der Waals surface area contributed by atoms with Crippen LogP contribution in [0.15, 0.2) is 24.3 Å². The van der Waals surface area contributed by atoms with Gasteiger partial charge in [0.05, 0.1) is 0 Å². The van der Waals surface area contributed by atoms with Crippen molar-refractivity contribution in [1.29, 1.82) is 0 Å².